The zero-order valence-corrected chi connectivity index (χ0v) is 19.2. The lowest BCUT2D eigenvalue weighted by molar-refractivity contribution is -0.129. The van der Waals surface area contributed by atoms with Crippen LogP contribution in [0.25, 0.3) is 0 Å². The summed E-state index contributed by atoms with van der Waals surface area (Å²) >= 11 is 0. The van der Waals surface area contributed by atoms with Crippen LogP contribution in [0, 0.1) is 0 Å². The van der Waals surface area contributed by atoms with Gasteiger partial charge in [0.25, 0.3) is 0 Å². The number of rotatable bonds is 9. The molecule has 32 heavy (non-hydrogen) atoms. The second-order valence-electron chi connectivity index (χ2n) is 7.68. The van der Waals surface area contributed by atoms with Crippen LogP contribution in [0.5, 0.6) is 5.75 Å². The second-order valence-corrected chi connectivity index (χ2v) is 9.72. The Morgan fingerprint density at radius 1 is 1.03 bits per heavy atom. The topological polar surface area (TPSA) is 96.0 Å². The summed E-state index contributed by atoms with van der Waals surface area (Å²) in [6.07, 6.45) is 2.44. The monoisotopic (exact) mass is 459 g/mol. The predicted octanol–water partition coefficient (Wildman–Crippen LogP) is 2.51. The molecule has 0 aromatic heterocycles. The third-order valence-electron chi connectivity index (χ3n) is 5.26. The molecular formula is C23H29N3O5S. The third-order valence-corrected chi connectivity index (χ3v) is 7.08. The molecule has 1 saturated heterocycles. The lowest BCUT2D eigenvalue weighted by atomic mass is 10.1. The summed E-state index contributed by atoms with van der Waals surface area (Å²) in [5.74, 6) is 0.237. The van der Waals surface area contributed by atoms with E-state index in [-0.39, 0.29) is 17.3 Å². The van der Waals surface area contributed by atoms with Crippen LogP contribution < -0.4 is 10.1 Å². The second kappa shape index (κ2) is 10.6. The van der Waals surface area contributed by atoms with E-state index < -0.39 is 15.9 Å². The van der Waals surface area contributed by atoms with Crippen LogP contribution >= 0.6 is 0 Å². The summed E-state index contributed by atoms with van der Waals surface area (Å²) in [4.78, 5) is 26.6. The molecule has 0 aliphatic carbocycles. The van der Waals surface area contributed by atoms with Gasteiger partial charge in [-0.05, 0) is 61.7 Å². The minimum Gasteiger partial charge on any atom is -0.494 e. The number of sulfonamides is 1. The number of likely N-dealkylation sites (N-methyl/N-ethyl adjacent to an activating group) is 1. The molecule has 0 saturated carbocycles. The Balaban J connectivity index is 1.54. The van der Waals surface area contributed by atoms with Gasteiger partial charge in [0.15, 0.2) is 0 Å². The highest BCUT2D eigenvalue weighted by Crippen LogP contribution is 2.19. The van der Waals surface area contributed by atoms with Gasteiger partial charge in [-0.3, -0.25) is 9.59 Å². The van der Waals surface area contributed by atoms with E-state index in [0.29, 0.717) is 24.5 Å². The van der Waals surface area contributed by atoms with E-state index >= 15 is 0 Å². The molecule has 0 bridgehead atoms. The smallest absolute Gasteiger partial charge is 0.243 e. The Morgan fingerprint density at radius 2 is 1.66 bits per heavy atom. The number of likely N-dealkylation sites (tertiary alicyclic amines) is 1. The minimum absolute atomic E-state index is 0.0864. The molecule has 1 aliphatic rings. The molecule has 0 unspecified atom stereocenters. The van der Waals surface area contributed by atoms with Crippen LogP contribution in [0.3, 0.4) is 0 Å². The van der Waals surface area contributed by atoms with Crippen molar-refractivity contribution < 1.29 is 22.7 Å². The SMILES string of the molecule is CCOc1ccc(S(=O)(=O)N(C)CC(=O)Nc2ccc(CC(=O)N3CCCC3)cc2)cc1. The summed E-state index contributed by atoms with van der Waals surface area (Å²) in [5.41, 5.74) is 1.41. The van der Waals surface area contributed by atoms with Crippen LogP contribution in [0.15, 0.2) is 53.4 Å². The van der Waals surface area contributed by atoms with E-state index in [4.69, 9.17) is 4.74 Å². The summed E-state index contributed by atoms with van der Waals surface area (Å²) in [6.45, 7) is 3.64. The van der Waals surface area contributed by atoms with Crippen LogP contribution in [-0.4, -0.2) is 62.7 Å². The van der Waals surface area contributed by atoms with Crippen LogP contribution in [0.2, 0.25) is 0 Å². The number of ether oxygens (including phenoxy) is 1. The van der Waals surface area contributed by atoms with Crippen molar-refractivity contribution in [1.29, 1.82) is 0 Å². The minimum atomic E-state index is -3.81. The van der Waals surface area contributed by atoms with Gasteiger partial charge in [0.2, 0.25) is 21.8 Å². The average Bonchev–Trinajstić information content (AvgIpc) is 3.31. The Hall–Kier alpha value is -2.91. The summed E-state index contributed by atoms with van der Waals surface area (Å²) in [7, 11) is -2.45. The number of anilines is 1. The molecule has 172 valence electrons. The molecule has 0 radical (unpaired) electrons. The third kappa shape index (κ3) is 6.08. The number of benzene rings is 2. The van der Waals surface area contributed by atoms with Crippen molar-refractivity contribution in [3.05, 3.63) is 54.1 Å². The van der Waals surface area contributed by atoms with Gasteiger partial charge in [0, 0.05) is 25.8 Å². The van der Waals surface area contributed by atoms with Crippen molar-refractivity contribution in [3.63, 3.8) is 0 Å². The van der Waals surface area contributed by atoms with Crippen LogP contribution in [0.4, 0.5) is 5.69 Å². The highest BCUT2D eigenvalue weighted by atomic mass is 32.2. The Morgan fingerprint density at radius 3 is 2.25 bits per heavy atom. The summed E-state index contributed by atoms with van der Waals surface area (Å²) < 4.78 is 31.8. The maximum Gasteiger partial charge on any atom is 0.243 e. The molecule has 1 heterocycles. The number of nitrogens with zero attached hydrogens (tertiary/aromatic N) is 2. The first kappa shape index (κ1) is 23.7. The number of nitrogens with one attached hydrogen (secondary N) is 1. The first-order valence-corrected chi connectivity index (χ1v) is 12.1. The Bertz CT molecular complexity index is 1030. The molecule has 2 amide bonds. The fourth-order valence-corrected chi connectivity index (χ4v) is 4.63. The van der Waals surface area contributed by atoms with Gasteiger partial charge in [-0.1, -0.05) is 12.1 Å². The maximum atomic E-state index is 12.7. The molecule has 8 nitrogen and oxygen atoms in total. The molecule has 2 aromatic rings. The quantitative estimate of drug-likeness (QED) is 0.622. The molecule has 1 aliphatic heterocycles. The molecule has 2 aromatic carbocycles. The predicted molar refractivity (Wildman–Crippen MR) is 122 cm³/mol. The molecule has 1 N–H and O–H groups in total. The number of amides is 2. The van der Waals surface area contributed by atoms with Gasteiger partial charge in [-0.15, -0.1) is 0 Å². The number of carbonyl (C=O) groups is 2. The number of hydrogen-bond donors (Lipinski definition) is 1. The van der Waals surface area contributed by atoms with E-state index in [1.165, 1.54) is 19.2 Å². The van der Waals surface area contributed by atoms with E-state index in [1.54, 1.807) is 36.4 Å². The zero-order chi connectivity index (χ0) is 23.1. The van der Waals surface area contributed by atoms with Crippen molar-refractivity contribution in [3.8, 4) is 5.75 Å². The number of carbonyl (C=O) groups excluding carboxylic acids is 2. The van der Waals surface area contributed by atoms with Gasteiger partial charge >= 0.3 is 0 Å². The summed E-state index contributed by atoms with van der Waals surface area (Å²) in [5, 5.41) is 2.70. The molecule has 3 rings (SSSR count). The lowest BCUT2D eigenvalue weighted by Gasteiger charge is -2.17. The van der Waals surface area contributed by atoms with Crippen molar-refractivity contribution in [1.82, 2.24) is 9.21 Å². The van der Waals surface area contributed by atoms with Gasteiger partial charge in [0.1, 0.15) is 5.75 Å². The molecule has 0 atom stereocenters. The largest absolute Gasteiger partial charge is 0.494 e. The highest BCUT2D eigenvalue weighted by Gasteiger charge is 2.23. The fourth-order valence-electron chi connectivity index (χ4n) is 3.50. The normalized spacial score (nSPS) is 13.9. The van der Waals surface area contributed by atoms with E-state index in [1.807, 2.05) is 11.8 Å². The molecule has 1 fully saturated rings. The Kier molecular flexibility index (Phi) is 7.87. The molecular weight excluding hydrogens is 430 g/mol. The Labute approximate surface area is 189 Å². The summed E-state index contributed by atoms with van der Waals surface area (Å²) in [6, 6.07) is 13.1. The van der Waals surface area contributed by atoms with E-state index in [2.05, 4.69) is 5.32 Å². The van der Waals surface area contributed by atoms with Crippen molar-refractivity contribution in [2.24, 2.45) is 0 Å². The standard InChI is InChI=1S/C23H29N3O5S/c1-3-31-20-10-12-21(13-11-20)32(29,30)25(2)17-22(27)24-19-8-6-18(7-9-19)16-23(28)26-14-4-5-15-26/h6-13H,3-5,14-17H2,1-2H3,(H,24,27). The van der Waals surface area contributed by atoms with Crippen LogP contribution in [0.1, 0.15) is 25.3 Å². The average molecular weight is 460 g/mol. The lowest BCUT2D eigenvalue weighted by Crippen LogP contribution is -2.34. The van der Waals surface area contributed by atoms with Gasteiger partial charge in [-0.25, -0.2) is 8.42 Å². The van der Waals surface area contributed by atoms with E-state index in [9.17, 15) is 18.0 Å². The van der Waals surface area contributed by atoms with E-state index in [0.717, 1.165) is 35.8 Å². The van der Waals surface area contributed by atoms with Gasteiger partial charge in [-0.2, -0.15) is 4.31 Å². The van der Waals surface area contributed by atoms with Crippen molar-refractivity contribution in [2.45, 2.75) is 31.1 Å². The zero-order valence-electron chi connectivity index (χ0n) is 18.4. The van der Waals surface area contributed by atoms with Gasteiger partial charge < -0.3 is 15.0 Å². The first-order chi connectivity index (χ1) is 15.3. The van der Waals surface area contributed by atoms with Crippen molar-refractivity contribution in [2.75, 3.05) is 38.6 Å². The van der Waals surface area contributed by atoms with Crippen molar-refractivity contribution >= 4 is 27.5 Å². The highest BCUT2D eigenvalue weighted by molar-refractivity contribution is 7.89. The van der Waals surface area contributed by atoms with Gasteiger partial charge in [0.05, 0.1) is 24.5 Å². The van der Waals surface area contributed by atoms with Crippen LogP contribution in [-0.2, 0) is 26.0 Å². The molecule has 9 heteroatoms. The molecule has 0 spiro atoms. The first-order valence-electron chi connectivity index (χ1n) is 10.7. The maximum absolute atomic E-state index is 12.7. The fraction of sp³-hybridized carbons (Fsp3) is 0.391. The number of hydrogen-bond acceptors (Lipinski definition) is 5.